The minimum atomic E-state index is -0.891. The van der Waals surface area contributed by atoms with E-state index in [0.717, 1.165) is 0 Å². The number of benzene rings is 6. The van der Waals surface area contributed by atoms with Crippen LogP contribution in [-0.2, 0) is 21.7 Å². The van der Waals surface area contributed by atoms with Crippen molar-refractivity contribution in [2.24, 2.45) is 0 Å². The summed E-state index contributed by atoms with van der Waals surface area (Å²) < 4.78 is 0. The Morgan fingerprint density at radius 3 is 0.536 bits per heavy atom. The standard InChI is InChI=1S/3C16H18OP.ClH.Ti/c3*1-16(2,17)13-18(14-9-5-3-6-10-14)15-11-7-4-8-12-15;;/h3*3-12H,13H2,1-2H3;1H;/q3*-1;;+4/p-1. The molecule has 0 saturated carbocycles. The average molecular weight is 855 g/mol. The zero-order valence-corrected chi connectivity index (χ0v) is 38.4. The SMILES string of the molecule is CC(C)([O-])CP(c1ccccc1)c1ccccc1.CC(C)([O-])CP(c1ccccc1)c1ccccc1.CC(C)([O-])CP(c1ccccc1)c1ccccc1.[Cl-].[Ti+4]. The van der Waals surface area contributed by atoms with E-state index in [1.54, 1.807) is 41.5 Å². The summed E-state index contributed by atoms with van der Waals surface area (Å²) >= 11 is 0. The molecule has 0 unspecified atom stereocenters. The first-order valence-electron chi connectivity index (χ1n) is 18.4. The van der Waals surface area contributed by atoms with Crippen LogP contribution in [0, 0.1) is 0 Å². The van der Waals surface area contributed by atoms with Gasteiger partial charge in [-0.25, -0.2) is 0 Å². The first-order valence-corrected chi connectivity index (χ1v) is 23.0. The molecule has 0 aromatic heterocycles. The summed E-state index contributed by atoms with van der Waals surface area (Å²) in [6.07, 6.45) is 2.03. The maximum atomic E-state index is 12.1. The number of hydrogen-bond donors (Lipinski definition) is 0. The largest absolute Gasteiger partial charge is 4.00 e. The van der Waals surface area contributed by atoms with Crippen LogP contribution in [0.5, 0.6) is 0 Å². The van der Waals surface area contributed by atoms with E-state index in [4.69, 9.17) is 0 Å². The van der Waals surface area contributed by atoms with Gasteiger partial charge in [-0.2, -0.15) is 0 Å². The van der Waals surface area contributed by atoms with Crippen molar-refractivity contribution in [1.82, 2.24) is 0 Å². The van der Waals surface area contributed by atoms with Crippen molar-refractivity contribution < 1.29 is 49.4 Å². The van der Waals surface area contributed by atoms with Gasteiger partial charge in [-0.1, -0.05) is 224 Å². The molecule has 6 rings (SSSR count). The van der Waals surface area contributed by atoms with Crippen LogP contribution in [0.15, 0.2) is 182 Å². The summed E-state index contributed by atoms with van der Waals surface area (Å²) in [5, 5.41) is 43.9. The van der Waals surface area contributed by atoms with E-state index in [1.807, 2.05) is 109 Å². The Morgan fingerprint density at radius 1 is 0.304 bits per heavy atom. The Kier molecular flexibility index (Phi) is 21.6. The van der Waals surface area contributed by atoms with Crippen LogP contribution in [0.4, 0.5) is 0 Å². The summed E-state index contributed by atoms with van der Waals surface area (Å²) in [6.45, 7) is 10.6. The molecular weight excluding hydrogens is 801 g/mol. The van der Waals surface area contributed by atoms with Crippen molar-refractivity contribution >= 4 is 55.6 Å². The zero-order chi connectivity index (χ0) is 39.0. The van der Waals surface area contributed by atoms with Gasteiger partial charge in [0.05, 0.1) is 0 Å². The van der Waals surface area contributed by atoms with Crippen molar-refractivity contribution in [3.05, 3.63) is 182 Å². The molecule has 290 valence electrons. The Labute approximate surface area is 361 Å². The molecule has 0 heterocycles. The van der Waals surface area contributed by atoms with Crippen molar-refractivity contribution in [1.29, 1.82) is 0 Å². The molecule has 0 radical (unpaired) electrons. The topological polar surface area (TPSA) is 69.2 Å². The fourth-order valence-corrected chi connectivity index (χ4v) is 13.3. The Morgan fingerprint density at radius 2 is 0.429 bits per heavy atom. The molecule has 0 aliphatic heterocycles. The molecule has 0 saturated heterocycles. The minimum absolute atomic E-state index is 0. The number of rotatable bonds is 12. The van der Waals surface area contributed by atoms with Gasteiger partial charge in [0.2, 0.25) is 0 Å². The maximum absolute atomic E-state index is 12.1. The Hall–Kier alpha value is -2.51. The van der Waals surface area contributed by atoms with E-state index >= 15 is 0 Å². The number of hydrogen-bond acceptors (Lipinski definition) is 3. The van der Waals surface area contributed by atoms with E-state index in [0.29, 0.717) is 18.5 Å². The second kappa shape index (κ2) is 24.4. The molecule has 0 spiro atoms. The maximum Gasteiger partial charge on any atom is 4.00 e. The van der Waals surface area contributed by atoms with Crippen LogP contribution in [0.2, 0.25) is 0 Å². The monoisotopic (exact) mass is 854 g/mol. The van der Waals surface area contributed by atoms with E-state index in [1.165, 1.54) is 31.8 Å². The molecule has 8 heteroatoms. The van der Waals surface area contributed by atoms with Crippen molar-refractivity contribution in [2.45, 2.75) is 58.3 Å². The second-order valence-corrected chi connectivity index (χ2v) is 21.7. The minimum Gasteiger partial charge on any atom is -1.00 e. The van der Waals surface area contributed by atoms with Gasteiger partial charge in [-0.3, -0.25) is 0 Å². The quantitative estimate of drug-likeness (QED) is 0.139. The third-order valence-electron chi connectivity index (χ3n) is 8.02. The third-order valence-corrected chi connectivity index (χ3v) is 16.8. The van der Waals surface area contributed by atoms with E-state index < -0.39 is 40.6 Å². The van der Waals surface area contributed by atoms with E-state index in [2.05, 4.69) is 72.8 Å². The van der Waals surface area contributed by atoms with Crippen LogP contribution in [-0.4, -0.2) is 35.3 Å². The summed E-state index contributed by atoms with van der Waals surface area (Å²) in [6, 6.07) is 62.2. The fraction of sp³-hybridized carbons (Fsp3) is 0.250. The fourth-order valence-electron chi connectivity index (χ4n) is 5.78. The second-order valence-electron chi connectivity index (χ2n) is 15.1. The predicted molar refractivity (Wildman–Crippen MR) is 234 cm³/mol. The summed E-state index contributed by atoms with van der Waals surface area (Å²) in [5.74, 6) is 0. The van der Waals surface area contributed by atoms with Crippen LogP contribution in [0.3, 0.4) is 0 Å². The molecule has 0 fully saturated rings. The van der Waals surface area contributed by atoms with Gasteiger partial charge >= 0.3 is 21.7 Å². The van der Waals surface area contributed by atoms with Gasteiger partial charge < -0.3 is 27.7 Å². The molecule has 6 aromatic rings. The van der Waals surface area contributed by atoms with Crippen LogP contribution in [0.25, 0.3) is 0 Å². The Balaban J connectivity index is 0.000000285. The normalized spacial score (nSPS) is 11.4. The smallest absolute Gasteiger partial charge is 1.00 e. The molecule has 0 amide bonds. The number of halogens is 1. The van der Waals surface area contributed by atoms with Gasteiger partial charge in [0.25, 0.3) is 0 Å². The molecule has 3 nitrogen and oxygen atoms in total. The van der Waals surface area contributed by atoms with Crippen molar-refractivity contribution in [3.8, 4) is 0 Å². The first kappa shape index (κ1) is 49.6. The van der Waals surface area contributed by atoms with Gasteiger partial charge in [-0.15, -0.1) is 16.8 Å². The van der Waals surface area contributed by atoms with Crippen LogP contribution < -0.4 is 59.6 Å². The van der Waals surface area contributed by atoms with Gasteiger partial charge in [0, 0.05) is 0 Å². The molecular formula is C48H54ClO3P3Ti. The molecule has 0 aliphatic carbocycles. The average Bonchev–Trinajstić information content (AvgIpc) is 3.17. The molecule has 6 aromatic carbocycles. The van der Waals surface area contributed by atoms with E-state index in [-0.39, 0.29) is 34.1 Å². The Bertz CT molecular complexity index is 1540. The zero-order valence-electron chi connectivity index (χ0n) is 33.4. The van der Waals surface area contributed by atoms with Crippen LogP contribution in [0.1, 0.15) is 41.5 Å². The predicted octanol–water partition coefficient (Wildman–Crippen LogP) is 3.78. The van der Waals surface area contributed by atoms with Crippen molar-refractivity contribution in [3.63, 3.8) is 0 Å². The summed E-state index contributed by atoms with van der Waals surface area (Å²) in [7, 11) is -1.65. The van der Waals surface area contributed by atoms with Gasteiger partial charge in [0.15, 0.2) is 0 Å². The van der Waals surface area contributed by atoms with Crippen LogP contribution >= 0.6 is 23.8 Å². The molecule has 0 atom stereocenters. The summed E-state index contributed by atoms with van der Waals surface area (Å²) in [4.78, 5) is 0. The van der Waals surface area contributed by atoms with E-state index in [9.17, 15) is 15.3 Å². The van der Waals surface area contributed by atoms with Gasteiger partial charge in [-0.05, 0) is 74.1 Å². The molecule has 56 heavy (non-hydrogen) atoms. The van der Waals surface area contributed by atoms with Crippen molar-refractivity contribution in [2.75, 3.05) is 18.5 Å². The molecule has 0 bridgehead atoms. The van der Waals surface area contributed by atoms with Gasteiger partial charge in [0.1, 0.15) is 0 Å². The third kappa shape index (κ3) is 18.4. The molecule has 0 N–H and O–H groups in total. The molecule has 0 aliphatic rings. The first-order chi connectivity index (χ1) is 25.7. The summed E-state index contributed by atoms with van der Waals surface area (Å²) in [5.41, 5.74) is -2.67.